The Morgan fingerprint density at radius 1 is 1.38 bits per heavy atom. The number of hydrogen-bond donors (Lipinski definition) is 3. The fraction of sp³-hybridized carbons (Fsp3) is 0.769. The number of rotatable bonds is 5. The van der Waals surface area contributed by atoms with Crippen molar-refractivity contribution in [3.63, 3.8) is 0 Å². The Morgan fingerprint density at radius 3 is 2.62 bits per heavy atom. The summed E-state index contributed by atoms with van der Waals surface area (Å²) in [4.78, 5) is 38.3. The molecule has 8 nitrogen and oxygen atoms in total. The molecule has 2 aliphatic rings. The molecule has 1 aliphatic heterocycles. The minimum Gasteiger partial charge on any atom is -0.481 e. The van der Waals surface area contributed by atoms with Crippen molar-refractivity contribution in [2.24, 2.45) is 0 Å². The quantitative estimate of drug-likeness (QED) is 0.617. The van der Waals surface area contributed by atoms with Crippen molar-refractivity contribution in [2.75, 3.05) is 26.2 Å². The van der Waals surface area contributed by atoms with E-state index < -0.39 is 24.3 Å². The molecule has 1 aliphatic carbocycles. The van der Waals surface area contributed by atoms with Gasteiger partial charge in [-0.1, -0.05) is 0 Å². The molecule has 1 saturated heterocycles. The second kappa shape index (κ2) is 6.75. The van der Waals surface area contributed by atoms with Crippen LogP contribution in [-0.2, 0) is 9.59 Å². The smallest absolute Gasteiger partial charge is 0.321 e. The molecule has 21 heavy (non-hydrogen) atoms. The standard InChI is InChI=1S/C13H21N3O5/c17-7-6-15(9-2-1-3-9)13(21)16-5-4-14-12(20)10(16)8-11(18)19/h9-10,17H,1-8H2,(H,14,20)(H,18,19). The highest BCUT2D eigenvalue weighted by Crippen LogP contribution is 2.26. The van der Waals surface area contributed by atoms with Gasteiger partial charge in [0, 0.05) is 25.7 Å². The lowest BCUT2D eigenvalue weighted by Gasteiger charge is -2.43. The van der Waals surface area contributed by atoms with Crippen LogP contribution in [0.3, 0.4) is 0 Å². The monoisotopic (exact) mass is 299 g/mol. The summed E-state index contributed by atoms with van der Waals surface area (Å²) in [6, 6.07) is -1.25. The molecule has 0 radical (unpaired) electrons. The number of carbonyl (C=O) groups excluding carboxylic acids is 2. The van der Waals surface area contributed by atoms with E-state index in [0.29, 0.717) is 6.54 Å². The van der Waals surface area contributed by atoms with Gasteiger partial charge in [-0.05, 0) is 19.3 Å². The van der Waals surface area contributed by atoms with E-state index in [4.69, 9.17) is 10.2 Å². The number of aliphatic carboxylic acids is 1. The van der Waals surface area contributed by atoms with Crippen LogP contribution in [0.4, 0.5) is 4.79 Å². The summed E-state index contributed by atoms with van der Waals surface area (Å²) in [5.74, 6) is -1.55. The van der Waals surface area contributed by atoms with Crippen LogP contribution in [0.2, 0.25) is 0 Å². The first-order valence-corrected chi connectivity index (χ1v) is 7.22. The normalized spacial score (nSPS) is 22.4. The van der Waals surface area contributed by atoms with Gasteiger partial charge in [-0.3, -0.25) is 9.59 Å². The summed E-state index contributed by atoms with van der Waals surface area (Å²) >= 11 is 0. The van der Waals surface area contributed by atoms with Gasteiger partial charge in [-0.25, -0.2) is 4.79 Å². The Bertz CT molecular complexity index is 424. The van der Waals surface area contributed by atoms with Crippen LogP contribution in [0.15, 0.2) is 0 Å². The average molecular weight is 299 g/mol. The summed E-state index contributed by atoms with van der Waals surface area (Å²) in [5.41, 5.74) is 0. The van der Waals surface area contributed by atoms with Gasteiger partial charge in [0.05, 0.1) is 13.0 Å². The van der Waals surface area contributed by atoms with Gasteiger partial charge in [-0.2, -0.15) is 0 Å². The number of hydrogen-bond acceptors (Lipinski definition) is 4. The predicted molar refractivity (Wildman–Crippen MR) is 72.6 cm³/mol. The van der Waals surface area contributed by atoms with E-state index in [1.54, 1.807) is 4.90 Å². The van der Waals surface area contributed by atoms with Crippen LogP contribution in [-0.4, -0.2) is 76.2 Å². The molecule has 1 unspecified atom stereocenters. The number of carbonyl (C=O) groups is 3. The Morgan fingerprint density at radius 2 is 2.10 bits per heavy atom. The average Bonchev–Trinajstić information content (AvgIpc) is 2.37. The molecule has 2 rings (SSSR count). The van der Waals surface area contributed by atoms with Crippen LogP contribution >= 0.6 is 0 Å². The van der Waals surface area contributed by atoms with Crippen molar-refractivity contribution in [3.05, 3.63) is 0 Å². The number of carboxylic acids is 1. The van der Waals surface area contributed by atoms with Crippen LogP contribution in [0, 0.1) is 0 Å². The second-order valence-corrected chi connectivity index (χ2v) is 5.38. The molecule has 0 spiro atoms. The molecule has 3 N–H and O–H groups in total. The zero-order valence-electron chi connectivity index (χ0n) is 11.8. The molecule has 3 amide bonds. The van der Waals surface area contributed by atoms with Crippen molar-refractivity contribution >= 4 is 17.9 Å². The van der Waals surface area contributed by atoms with Crippen LogP contribution in [0.25, 0.3) is 0 Å². The van der Waals surface area contributed by atoms with E-state index in [9.17, 15) is 14.4 Å². The minimum atomic E-state index is -1.12. The highest BCUT2D eigenvalue weighted by atomic mass is 16.4. The maximum atomic E-state index is 12.6. The van der Waals surface area contributed by atoms with Crippen LogP contribution < -0.4 is 5.32 Å². The number of carboxylic acid groups (broad SMARTS) is 1. The molecule has 0 aromatic carbocycles. The number of aliphatic hydroxyl groups is 1. The van der Waals surface area contributed by atoms with Crippen molar-refractivity contribution < 1.29 is 24.6 Å². The molecule has 1 saturated carbocycles. The first kappa shape index (κ1) is 15.6. The topological polar surface area (TPSA) is 110 Å². The van der Waals surface area contributed by atoms with Gasteiger partial charge >= 0.3 is 12.0 Å². The molecule has 8 heteroatoms. The van der Waals surface area contributed by atoms with E-state index in [1.165, 1.54) is 4.90 Å². The molecular weight excluding hydrogens is 278 g/mol. The predicted octanol–water partition coefficient (Wildman–Crippen LogP) is -0.772. The van der Waals surface area contributed by atoms with E-state index in [1.807, 2.05) is 0 Å². The third kappa shape index (κ3) is 3.44. The van der Waals surface area contributed by atoms with Gasteiger partial charge < -0.3 is 25.3 Å². The zero-order valence-corrected chi connectivity index (χ0v) is 11.8. The number of amides is 3. The van der Waals surface area contributed by atoms with Gasteiger partial charge in [-0.15, -0.1) is 0 Å². The Kier molecular flexibility index (Phi) is 5.00. The lowest BCUT2D eigenvalue weighted by Crippen LogP contribution is -2.62. The van der Waals surface area contributed by atoms with E-state index >= 15 is 0 Å². The summed E-state index contributed by atoms with van der Waals surface area (Å²) in [6.45, 7) is 0.669. The fourth-order valence-corrected chi connectivity index (χ4v) is 2.72. The van der Waals surface area contributed by atoms with Crippen LogP contribution in [0.1, 0.15) is 25.7 Å². The number of nitrogens with zero attached hydrogens (tertiary/aromatic N) is 2. The molecule has 1 heterocycles. The Labute approximate surface area is 122 Å². The van der Waals surface area contributed by atoms with Gasteiger partial charge in [0.25, 0.3) is 0 Å². The van der Waals surface area contributed by atoms with Gasteiger partial charge in [0.15, 0.2) is 0 Å². The lowest BCUT2D eigenvalue weighted by molar-refractivity contribution is -0.142. The van der Waals surface area contributed by atoms with Gasteiger partial charge in [0.1, 0.15) is 6.04 Å². The van der Waals surface area contributed by atoms with Gasteiger partial charge in [0.2, 0.25) is 5.91 Å². The molecule has 118 valence electrons. The minimum absolute atomic E-state index is 0.0834. The molecule has 0 aromatic rings. The molecule has 0 aromatic heterocycles. The van der Waals surface area contributed by atoms with E-state index in [-0.39, 0.29) is 31.8 Å². The van der Waals surface area contributed by atoms with Crippen molar-refractivity contribution in [1.29, 1.82) is 0 Å². The number of nitrogens with one attached hydrogen (secondary N) is 1. The maximum absolute atomic E-state index is 12.6. The van der Waals surface area contributed by atoms with Crippen molar-refractivity contribution in [2.45, 2.75) is 37.8 Å². The maximum Gasteiger partial charge on any atom is 0.321 e. The zero-order chi connectivity index (χ0) is 15.4. The third-order valence-electron chi connectivity index (χ3n) is 4.05. The Hall–Kier alpha value is -1.83. The SMILES string of the molecule is O=C(O)CC1C(=O)NCCN1C(=O)N(CCO)C1CCC1. The lowest BCUT2D eigenvalue weighted by atomic mass is 9.91. The van der Waals surface area contributed by atoms with Crippen molar-refractivity contribution in [3.8, 4) is 0 Å². The summed E-state index contributed by atoms with van der Waals surface area (Å²) in [7, 11) is 0. The van der Waals surface area contributed by atoms with Crippen molar-refractivity contribution in [1.82, 2.24) is 15.1 Å². The molecule has 0 bridgehead atoms. The fourth-order valence-electron chi connectivity index (χ4n) is 2.72. The summed E-state index contributed by atoms with van der Waals surface area (Å²) in [5, 5.41) is 20.6. The van der Waals surface area contributed by atoms with E-state index in [0.717, 1.165) is 19.3 Å². The highest BCUT2D eigenvalue weighted by molar-refractivity contribution is 5.91. The summed E-state index contributed by atoms with van der Waals surface area (Å²) in [6.07, 6.45) is 2.40. The van der Waals surface area contributed by atoms with Crippen LogP contribution in [0.5, 0.6) is 0 Å². The number of urea groups is 1. The van der Waals surface area contributed by atoms with E-state index in [2.05, 4.69) is 5.32 Å². The summed E-state index contributed by atoms with van der Waals surface area (Å²) < 4.78 is 0. The largest absolute Gasteiger partial charge is 0.481 e. The first-order valence-electron chi connectivity index (χ1n) is 7.22. The third-order valence-corrected chi connectivity index (χ3v) is 4.05. The Balaban J connectivity index is 2.12. The molecule has 2 fully saturated rings. The number of aliphatic hydroxyl groups excluding tert-OH is 1. The first-order chi connectivity index (χ1) is 10.0. The number of piperazine rings is 1. The molecule has 1 atom stereocenters. The second-order valence-electron chi connectivity index (χ2n) is 5.38. The highest BCUT2D eigenvalue weighted by Gasteiger charge is 2.39. The molecular formula is C13H21N3O5.